The molecule has 0 heterocycles. The number of halogens is 2. The highest BCUT2D eigenvalue weighted by atomic mass is 79.9. The summed E-state index contributed by atoms with van der Waals surface area (Å²) in [5.41, 5.74) is 0. The van der Waals surface area contributed by atoms with Crippen LogP contribution in [0.1, 0.15) is 26.2 Å². The first-order valence-electron chi connectivity index (χ1n) is 3.27. The van der Waals surface area contributed by atoms with E-state index in [2.05, 4.69) is 45.2 Å². The van der Waals surface area contributed by atoms with Crippen molar-refractivity contribution in [3.63, 3.8) is 0 Å². The van der Waals surface area contributed by atoms with Crippen LogP contribution < -0.4 is 0 Å². The molecule has 1 rings (SSSR count). The van der Waals surface area contributed by atoms with Gasteiger partial charge in [-0.3, -0.25) is 0 Å². The van der Waals surface area contributed by atoms with Gasteiger partial charge in [0.15, 0.2) is 0 Å². The average molecular weight is 255 g/mol. The third-order valence-electron chi connectivity index (χ3n) is 1.86. The zero-order valence-electron chi connectivity index (χ0n) is 5.53. The Bertz CT molecular complexity index is 99.1. The Kier molecular flexibility index (Phi) is 2.61. The van der Waals surface area contributed by atoms with Crippen molar-refractivity contribution in [2.24, 2.45) is 0 Å². The lowest BCUT2D eigenvalue weighted by atomic mass is 9.91. The van der Waals surface area contributed by atoms with Gasteiger partial charge in [0.1, 0.15) is 0 Å². The normalized spacial score (nSPS) is 45.0. The molecule has 0 aromatic carbocycles. The van der Waals surface area contributed by atoms with E-state index in [1.165, 1.54) is 19.3 Å². The first-order valence-corrected chi connectivity index (χ1v) is 4.98. The molecule has 0 aliphatic heterocycles. The topological polar surface area (TPSA) is 0 Å². The van der Waals surface area contributed by atoms with Crippen LogP contribution in [0, 0.1) is 6.42 Å². The maximum absolute atomic E-state index is 3.69. The fourth-order valence-corrected chi connectivity index (χ4v) is 1.96. The van der Waals surface area contributed by atoms with Crippen LogP contribution in [0.15, 0.2) is 0 Å². The molecule has 2 heteroatoms. The van der Waals surface area contributed by atoms with Gasteiger partial charge < -0.3 is 0 Å². The van der Waals surface area contributed by atoms with Crippen LogP contribution in [-0.4, -0.2) is 9.15 Å². The van der Waals surface area contributed by atoms with E-state index in [9.17, 15) is 0 Å². The minimum atomic E-state index is 0.335. The Morgan fingerprint density at radius 3 is 2.67 bits per heavy atom. The maximum atomic E-state index is 3.69. The SMILES string of the molecule is CC1(Br)CC[CH]CC1Br. The number of hydrogen-bond acceptors (Lipinski definition) is 0. The molecule has 0 bridgehead atoms. The highest BCUT2D eigenvalue weighted by Gasteiger charge is 2.31. The van der Waals surface area contributed by atoms with E-state index in [1.807, 2.05) is 0 Å². The Labute approximate surface area is 73.7 Å². The minimum absolute atomic E-state index is 0.335. The summed E-state index contributed by atoms with van der Waals surface area (Å²) in [4.78, 5) is 0.624. The van der Waals surface area contributed by atoms with Crippen LogP contribution in [-0.2, 0) is 0 Å². The van der Waals surface area contributed by atoms with Gasteiger partial charge in [0, 0.05) is 9.15 Å². The molecule has 0 nitrogen and oxygen atoms in total. The monoisotopic (exact) mass is 253 g/mol. The van der Waals surface area contributed by atoms with E-state index in [1.54, 1.807) is 0 Å². The van der Waals surface area contributed by atoms with E-state index in [-0.39, 0.29) is 0 Å². The Morgan fingerprint density at radius 1 is 1.67 bits per heavy atom. The lowest BCUT2D eigenvalue weighted by Crippen LogP contribution is -2.31. The number of rotatable bonds is 0. The summed E-state index contributed by atoms with van der Waals surface area (Å²) in [6, 6.07) is 0. The largest absolute Gasteiger partial charge is 0.0875 e. The highest BCUT2D eigenvalue weighted by Crippen LogP contribution is 2.39. The molecule has 1 aliphatic rings. The molecule has 0 aromatic rings. The van der Waals surface area contributed by atoms with Gasteiger partial charge >= 0.3 is 0 Å². The lowest BCUT2D eigenvalue weighted by molar-refractivity contribution is 0.512. The summed E-state index contributed by atoms with van der Waals surface area (Å²) in [7, 11) is 0. The van der Waals surface area contributed by atoms with Crippen molar-refractivity contribution in [3.05, 3.63) is 6.42 Å². The summed E-state index contributed by atoms with van der Waals surface area (Å²) in [6.45, 7) is 2.25. The molecule has 2 atom stereocenters. The van der Waals surface area contributed by atoms with E-state index < -0.39 is 0 Å². The molecule has 0 amide bonds. The second-order valence-electron chi connectivity index (χ2n) is 2.81. The maximum Gasteiger partial charge on any atom is 0.0354 e. The molecule has 1 aliphatic carbocycles. The first kappa shape index (κ1) is 8.06. The fourth-order valence-electron chi connectivity index (χ4n) is 1.05. The Hall–Kier alpha value is 0.960. The van der Waals surface area contributed by atoms with Crippen LogP contribution >= 0.6 is 31.9 Å². The van der Waals surface area contributed by atoms with Crippen LogP contribution in [0.4, 0.5) is 0 Å². The van der Waals surface area contributed by atoms with Gasteiger partial charge in [0.05, 0.1) is 0 Å². The molecule has 9 heavy (non-hydrogen) atoms. The van der Waals surface area contributed by atoms with Crippen molar-refractivity contribution >= 4 is 31.9 Å². The van der Waals surface area contributed by atoms with E-state index in [4.69, 9.17) is 0 Å². The van der Waals surface area contributed by atoms with Crippen molar-refractivity contribution in [1.82, 2.24) is 0 Å². The number of hydrogen-bond donors (Lipinski definition) is 0. The zero-order chi connectivity index (χ0) is 6.91. The van der Waals surface area contributed by atoms with E-state index in [0.29, 0.717) is 9.15 Å². The van der Waals surface area contributed by atoms with Gasteiger partial charge in [-0.1, -0.05) is 31.9 Å². The van der Waals surface area contributed by atoms with Gasteiger partial charge in [-0.25, -0.2) is 0 Å². The van der Waals surface area contributed by atoms with Crippen LogP contribution in [0.2, 0.25) is 0 Å². The molecular formula is C7H11Br2. The predicted octanol–water partition coefficient (Wildman–Crippen LogP) is 3.29. The molecule has 0 aromatic heterocycles. The average Bonchev–Trinajstić information content (AvgIpc) is 1.77. The van der Waals surface area contributed by atoms with Gasteiger partial charge in [0.25, 0.3) is 0 Å². The quantitative estimate of drug-likeness (QED) is 0.582. The molecule has 1 radical (unpaired) electrons. The standard InChI is InChI=1S/C7H11Br2/c1-7(9)5-3-2-4-6(7)8/h2,6H,3-5H2,1H3. The van der Waals surface area contributed by atoms with Gasteiger partial charge in [-0.15, -0.1) is 0 Å². The Morgan fingerprint density at radius 2 is 2.33 bits per heavy atom. The zero-order valence-corrected chi connectivity index (χ0v) is 8.70. The molecule has 0 spiro atoms. The second kappa shape index (κ2) is 2.91. The smallest absolute Gasteiger partial charge is 0.0354 e. The summed E-state index contributed by atoms with van der Waals surface area (Å²) in [5, 5.41) is 0. The molecule has 0 N–H and O–H groups in total. The molecular weight excluding hydrogens is 244 g/mol. The van der Waals surface area contributed by atoms with Crippen molar-refractivity contribution in [2.75, 3.05) is 0 Å². The predicted molar refractivity (Wildman–Crippen MR) is 48.2 cm³/mol. The van der Waals surface area contributed by atoms with Gasteiger partial charge in [-0.05, 0) is 32.6 Å². The highest BCUT2D eigenvalue weighted by molar-refractivity contribution is 9.12. The second-order valence-corrected chi connectivity index (χ2v) is 5.73. The fraction of sp³-hybridized carbons (Fsp3) is 0.857. The first-order chi connectivity index (χ1) is 4.13. The lowest BCUT2D eigenvalue weighted by Gasteiger charge is -2.32. The molecule has 2 unspecified atom stereocenters. The minimum Gasteiger partial charge on any atom is -0.0875 e. The van der Waals surface area contributed by atoms with Gasteiger partial charge in [0.2, 0.25) is 0 Å². The number of alkyl halides is 2. The molecule has 53 valence electrons. The summed E-state index contributed by atoms with van der Waals surface area (Å²) in [6.07, 6.45) is 6.05. The Balaban J connectivity index is 2.49. The summed E-state index contributed by atoms with van der Waals surface area (Å²) < 4.78 is 0.335. The van der Waals surface area contributed by atoms with Crippen LogP contribution in [0.5, 0.6) is 0 Å². The van der Waals surface area contributed by atoms with Crippen LogP contribution in [0.3, 0.4) is 0 Å². The summed E-state index contributed by atoms with van der Waals surface area (Å²) >= 11 is 7.32. The van der Waals surface area contributed by atoms with Crippen molar-refractivity contribution in [3.8, 4) is 0 Å². The van der Waals surface area contributed by atoms with Crippen molar-refractivity contribution in [1.29, 1.82) is 0 Å². The molecule has 1 fully saturated rings. The summed E-state index contributed by atoms with van der Waals surface area (Å²) in [5.74, 6) is 0. The molecule has 0 saturated heterocycles. The third kappa shape index (κ3) is 1.94. The molecule has 1 saturated carbocycles. The third-order valence-corrected chi connectivity index (χ3v) is 4.81. The van der Waals surface area contributed by atoms with Gasteiger partial charge in [-0.2, -0.15) is 0 Å². The van der Waals surface area contributed by atoms with E-state index in [0.717, 1.165) is 0 Å². The van der Waals surface area contributed by atoms with Crippen molar-refractivity contribution in [2.45, 2.75) is 35.3 Å². The van der Waals surface area contributed by atoms with E-state index >= 15 is 0 Å². The van der Waals surface area contributed by atoms with Crippen molar-refractivity contribution < 1.29 is 0 Å². The van der Waals surface area contributed by atoms with Crippen LogP contribution in [0.25, 0.3) is 0 Å².